The van der Waals surface area contributed by atoms with Crippen molar-refractivity contribution >= 4 is 6.21 Å². The lowest BCUT2D eigenvalue weighted by Crippen LogP contribution is -2.05. The Balaban J connectivity index is 1.91. The van der Waals surface area contributed by atoms with Gasteiger partial charge < -0.3 is 4.74 Å². The molecule has 24 heavy (non-hydrogen) atoms. The molecule has 0 aliphatic rings. The summed E-state index contributed by atoms with van der Waals surface area (Å²) in [6.07, 6.45) is -1.50. The fourth-order valence-corrected chi connectivity index (χ4v) is 1.93. The Hall–Kier alpha value is -2.30. The molecule has 0 heterocycles. The average Bonchev–Trinajstić information content (AvgIpc) is 2.58. The molecule has 0 fully saturated rings. The standard InChI is InChI=1S/C19H20F3NO/c1-3-14(2)23-12-15-6-10-18(11-7-15)24-13-16-4-8-17(9-5-16)19(20,21)22/h4-12,14H,3,13H2,1-2H3/b23-12+. The predicted octanol–water partition coefficient (Wildman–Crippen LogP) is 5.50. The lowest BCUT2D eigenvalue weighted by Gasteiger charge is -2.09. The molecule has 128 valence electrons. The van der Waals surface area contributed by atoms with Crippen LogP contribution in [0.5, 0.6) is 5.75 Å². The summed E-state index contributed by atoms with van der Waals surface area (Å²) >= 11 is 0. The average molecular weight is 335 g/mol. The first kappa shape index (κ1) is 18.0. The molecule has 0 radical (unpaired) electrons. The van der Waals surface area contributed by atoms with Crippen LogP contribution in [0.1, 0.15) is 37.0 Å². The monoisotopic (exact) mass is 335 g/mol. The molecule has 0 spiro atoms. The predicted molar refractivity (Wildman–Crippen MR) is 89.6 cm³/mol. The van der Waals surface area contributed by atoms with Gasteiger partial charge in [-0.15, -0.1) is 0 Å². The van der Waals surface area contributed by atoms with Gasteiger partial charge in [0.2, 0.25) is 0 Å². The van der Waals surface area contributed by atoms with Gasteiger partial charge in [-0.25, -0.2) is 0 Å². The summed E-state index contributed by atoms with van der Waals surface area (Å²) in [6.45, 7) is 4.36. The van der Waals surface area contributed by atoms with Crippen molar-refractivity contribution < 1.29 is 17.9 Å². The summed E-state index contributed by atoms with van der Waals surface area (Å²) in [6, 6.07) is 12.7. The summed E-state index contributed by atoms with van der Waals surface area (Å²) in [5, 5.41) is 0. The molecule has 0 aliphatic carbocycles. The number of rotatable bonds is 6. The fraction of sp³-hybridized carbons (Fsp3) is 0.316. The summed E-state index contributed by atoms with van der Waals surface area (Å²) < 4.78 is 43.1. The number of benzene rings is 2. The van der Waals surface area contributed by atoms with Crippen molar-refractivity contribution in [3.05, 3.63) is 65.2 Å². The zero-order valence-electron chi connectivity index (χ0n) is 13.7. The lowest BCUT2D eigenvalue weighted by molar-refractivity contribution is -0.137. The highest BCUT2D eigenvalue weighted by atomic mass is 19.4. The van der Waals surface area contributed by atoms with Crippen molar-refractivity contribution in [1.29, 1.82) is 0 Å². The summed E-state index contributed by atoms with van der Waals surface area (Å²) in [5.41, 5.74) is 1.01. The van der Waals surface area contributed by atoms with Gasteiger partial charge in [0.15, 0.2) is 0 Å². The van der Waals surface area contributed by atoms with Gasteiger partial charge in [-0.05, 0) is 60.9 Å². The third-order valence-electron chi connectivity index (χ3n) is 3.64. The van der Waals surface area contributed by atoms with Crippen LogP contribution in [0.2, 0.25) is 0 Å². The molecule has 2 nitrogen and oxygen atoms in total. The fourth-order valence-electron chi connectivity index (χ4n) is 1.93. The van der Waals surface area contributed by atoms with E-state index in [1.165, 1.54) is 12.1 Å². The maximum atomic E-state index is 12.5. The zero-order chi connectivity index (χ0) is 17.6. The van der Waals surface area contributed by atoms with E-state index in [1.807, 2.05) is 30.5 Å². The number of hydrogen-bond donors (Lipinski definition) is 0. The number of alkyl halides is 3. The smallest absolute Gasteiger partial charge is 0.416 e. The van der Waals surface area contributed by atoms with Crippen molar-refractivity contribution in [3.63, 3.8) is 0 Å². The second kappa shape index (κ2) is 7.99. The molecule has 0 amide bonds. The first-order valence-corrected chi connectivity index (χ1v) is 7.80. The van der Waals surface area contributed by atoms with E-state index in [1.54, 1.807) is 0 Å². The van der Waals surface area contributed by atoms with Crippen LogP contribution in [-0.2, 0) is 12.8 Å². The van der Waals surface area contributed by atoms with Crippen LogP contribution in [0.25, 0.3) is 0 Å². The van der Waals surface area contributed by atoms with Gasteiger partial charge in [0.05, 0.1) is 5.56 Å². The van der Waals surface area contributed by atoms with Gasteiger partial charge in [-0.3, -0.25) is 4.99 Å². The Labute approximate surface area is 140 Å². The number of nitrogens with zero attached hydrogens (tertiary/aromatic N) is 1. The Bertz CT molecular complexity index is 661. The second-order valence-corrected chi connectivity index (χ2v) is 5.59. The molecule has 2 rings (SSSR count). The number of ether oxygens (including phenoxy) is 1. The van der Waals surface area contributed by atoms with E-state index in [9.17, 15) is 13.2 Å². The molecule has 0 aliphatic heterocycles. The van der Waals surface area contributed by atoms with Gasteiger partial charge in [-0.1, -0.05) is 19.1 Å². The van der Waals surface area contributed by atoms with Crippen LogP contribution in [-0.4, -0.2) is 12.3 Å². The topological polar surface area (TPSA) is 21.6 Å². The highest BCUT2D eigenvalue weighted by molar-refractivity contribution is 5.79. The normalized spacial score (nSPS) is 13.2. The van der Waals surface area contributed by atoms with Crippen LogP contribution >= 0.6 is 0 Å². The molecule has 1 unspecified atom stereocenters. The zero-order valence-corrected chi connectivity index (χ0v) is 13.7. The third kappa shape index (κ3) is 5.41. The number of halogens is 3. The molecular weight excluding hydrogens is 315 g/mol. The van der Waals surface area contributed by atoms with Gasteiger partial charge in [0.1, 0.15) is 12.4 Å². The molecule has 0 saturated carbocycles. The van der Waals surface area contributed by atoms with E-state index in [0.29, 0.717) is 17.4 Å². The summed E-state index contributed by atoms with van der Waals surface area (Å²) in [5.74, 6) is 0.663. The first-order chi connectivity index (χ1) is 11.4. The van der Waals surface area contributed by atoms with E-state index >= 15 is 0 Å². The molecular formula is C19H20F3NO. The summed E-state index contributed by atoms with van der Waals surface area (Å²) in [4.78, 5) is 4.41. The number of aliphatic imine (C=N–C) groups is 1. The minimum atomic E-state index is -4.31. The molecule has 5 heteroatoms. The summed E-state index contributed by atoms with van der Waals surface area (Å²) in [7, 11) is 0. The van der Waals surface area contributed by atoms with Crippen molar-refractivity contribution in [3.8, 4) is 5.75 Å². The van der Waals surface area contributed by atoms with Crippen LogP contribution in [0.15, 0.2) is 53.5 Å². The Morgan fingerprint density at radius 3 is 2.21 bits per heavy atom. The molecule has 0 saturated heterocycles. The van der Waals surface area contributed by atoms with Crippen LogP contribution < -0.4 is 4.74 Å². The van der Waals surface area contributed by atoms with E-state index in [2.05, 4.69) is 18.8 Å². The maximum absolute atomic E-state index is 12.5. The molecule has 2 aromatic rings. The Kier molecular flexibility index (Phi) is 6.01. The van der Waals surface area contributed by atoms with Crippen molar-refractivity contribution in [1.82, 2.24) is 0 Å². The Morgan fingerprint density at radius 1 is 1.04 bits per heavy atom. The molecule has 0 aromatic heterocycles. The Morgan fingerprint density at radius 2 is 1.67 bits per heavy atom. The first-order valence-electron chi connectivity index (χ1n) is 7.80. The van der Waals surface area contributed by atoms with Crippen molar-refractivity contribution in [2.75, 3.05) is 0 Å². The molecule has 1 atom stereocenters. The minimum absolute atomic E-state index is 0.221. The third-order valence-corrected chi connectivity index (χ3v) is 3.64. The van der Waals surface area contributed by atoms with Crippen LogP contribution in [0, 0.1) is 0 Å². The molecule has 2 aromatic carbocycles. The van der Waals surface area contributed by atoms with E-state index < -0.39 is 11.7 Å². The lowest BCUT2D eigenvalue weighted by atomic mass is 10.1. The molecule has 0 bridgehead atoms. The maximum Gasteiger partial charge on any atom is 0.416 e. The van der Waals surface area contributed by atoms with Gasteiger partial charge in [-0.2, -0.15) is 13.2 Å². The van der Waals surface area contributed by atoms with Crippen molar-refractivity contribution in [2.24, 2.45) is 4.99 Å². The van der Waals surface area contributed by atoms with Crippen molar-refractivity contribution in [2.45, 2.75) is 39.1 Å². The van der Waals surface area contributed by atoms with Gasteiger partial charge >= 0.3 is 6.18 Å². The second-order valence-electron chi connectivity index (χ2n) is 5.59. The van der Waals surface area contributed by atoms with Crippen LogP contribution in [0.4, 0.5) is 13.2 Å². The van der Waals surface area contributed by atoms with Gasteiger partial charge in [0.25, 0.3) is 0 Å². The largest absolute Gasteiger partial charge is 0.489 e. The van der Waals surface area contributed by atoms with E-state index in [4.69, 9.17) is 4.74 Å². The minimum Gasteiger partial charge on any atom is -0.489 e. The van der Waals surface area contributed by atoms with Gasteiger partial charge in [0, 0.05) is 12.3 Å². The number of hydrogen-bond acceptors (Lipinski definition) is 2. The highest BCUT2D eigenvalue weighted by Gasteiger charge is 2.29. The SMILES string of the molecule is CCC(C)/N=C/c1ccc(OCc2ccc(C(F)(F)F)cc2)cc1. The van der Waals surface area contributed by atoms with Crippen LogP contribution in [0.3, 0.4) is 0 Å². The van der Waals surface area contributed by atoms with E-state index in [-0.39, 0.29) is 6.61 Å². The quantitative estimate of drug-likeness (QED) is 0.639. The van der Waals surface area contributed by atoms with E-state index in [0.717, 1.165) is 24.1 Å². The molecule has 0 N–H and O–H groups in total. The highest BCUT2D eigenvalue weighted by Crippen LogP contribution is 2.29.